The molecule has 0 atom stereocenters. The lowest BCUT2D eigenvalue weighted by molar-refractivity contribution is -0.0920. The molecular weight excluding hydrogens is 245 g/mol. The van der Waals surface area contributed by atoms with Gasteiger partial charge in [0.15, 0.2) is 0 Å². The smallest absolute Gasteiger partial charge is 0.412 e. The summed E-state index contributed by atoms with van der Waals surface area (Å²) in [6.45, 7) is 1.08. The summed E-state index contributed by atoms with van der Waals surface area (Å²) in [6, 6.07) is 0. The highest BCUT2D eigenvalue weighted by Crippen LogP contribution is 2.33. The maximum atomic E-state index is 12.6. The molecule has 0 aliphatic heterocycles. The van der Waals surface area contributed by atoms with Crippen LogP contribution in [-0.4, -0.2) is 17.8 Å². The maximum Gasteiger partial charge on any atom is 0.412 e. The zero-order valence-electron chi connectivity index (χ0n) is 9.88. The Morgan fingerprint density at radius 1 is 1.50 bits per heavy atom. The Morgan fingerprint density at radius 2 is 2.11 bits per heavy atom. The van der Waals surface area contributed by atoms with Crippen molar-refractivity contribution in [3.8, 4) is 0 Å². The van der Waals surface area contributed by atoms with Crippen LogP contribution in [0.2, 0.25) is 0 Å². The van der Waals surface area contributed by atoms with Crippen molar-refractivity contribution in [2.45, 2.75) is 19.5 Å². The van der Waals surface area contributed by atoms with Crippen LogP contribution >= 0.6 is 0 Å². The highest BCUT2D eigenvalue weighted by molar-refractivity contribution is 5.48. The van der Waals surface area contributed by atoms with Gasteiger partial charge in [-0.15, -0.1) is 0 Å². The normalized spacial score (nSPS) is 20.4. The first-order valence-electron chi connectivity index (χ1n) is 5.30. The van der Waals surface area contributed by atoms with E-state index in [-0.39, 0.29) is 35.6 Å². The van der Waals surface area contributed by atoms with Crippen LogP contribution in [0.15, 0.2) is 46.4 Å². The Balaban J connectivity index is 3.18. The predicted octanol–water partition coefficient (Wildman–Crippen LogP) is 2.44. The number of rotatable bonds is 2. The summed E-state index contributed by atoms with van der Waals surface area (Å²) in [7, 11) is 0. The molecule has 0 saturated carbocycles. The third kappa shape index (κ3) is 3.40. The van der Waals surface area contributed by atoms with Gasteiger partial charge in [0.2, 0.25) is 0 Å². The Morgan fingerprint density at radius 3 is 2.61 bits per heavy atom. The van der Waals surface area contributed by atoms with Gasteiger partial charge in [0.05, 0.1) is 0 Å². The van der Waals surface area contributed by atoms with Crippen molar-refractivity contribution >= 4 is 0 Å². The van der Waals surface area contributed by atoms with Crippen molar-refractivity contribution in [1.29, 1.82) is 0 Å². The van der Waals surface area contributed by atoms with Crippen molar-refractivity contribution in [2.75, 3.05) is 6.54 Å². The first kappa shape index (κ1) is 14.4. The van der Waals surface area contributed by atoms with Crippen molar-refractivity contribution in [3.63, 3.8) is 0 Å². The van der Waals surface area contributed by atoms with Crippen molar-refractivity contribution < 1.29 is 18.3 Å². The molecule has 0 saturated heterocycles. The van der Waals surface area contributed by atoms with Crippen LogP contribution in [0.1, 0.15) is 13.3 Å². The SMILES string of the molecule is CC(=C1C=C(C=C(N)CN)C(O)=CC1)C(F)(F)F. The number of hydrogen-bond acceptors (Lipinski definition) is 3. The molecular formula is C12H15F3N2O. The maximum absolute atomic E-state index is 12.6. The van der Waals surface area contributed by atoms with Crippen LogP contribution in [0.3, 0.4) is 0 Å². The highest BCUT2D eigenvalue weighted by Gasteiger charge is 2.32. The number of halogens is 3. The first-order chi connectivity index (χ1) is 8.25. The number of aliphatic hydroxyl groups is 1. The average molecular weight is 260 g/mol. The van der Waals surface area contributed by atoms with E-state index in [4.69, 9.17) is 11.5 Å². The Kier molecular flexibility index (Phi) is 4.24. The number of hydrogen-bond donors (Lipinski definition) is 3. The summed E-state index contributed by atoms with van der Waals surface area (Å²) >= 11 is 0. The lowest BCUT2D eigenvalue weighted by Gasteiger charge is -2.16. The van der Waals surface area contributed by atoms with Crippen LogP contribution in [0, 0.1) is 0 Å². The second-order valence-electron chi connectivity index (χ2n) is 3.96. The highest BCUT2D eigenvalue weighted by atomic mass is 19.4. The number of nitrogens with two attached hydrogens (primary N) is 2. The fourth-order valence-electron chi connectivity index (χ4n) is 1.46. The predicted molar refractivity (Wildman–Crippen MR) is 63.5 cm³/mol. The zero-order chi connectivity index (χ0) is 13.9. The number of alkyl halides is 3. The Hall–Kier alpha value is -1.69. The van der Waals surface area contributed by atoms with E-state index in [1.54, 1.807) is 0 Å². The minimum absolute atomic E-state index is 0.0387. The van der Waals surface area contributed by atoms with Gasteiger partial charge in [0, 0.05) is 23.4 Å². The summed E-state index contributed by atoms with van der Waals surface area (Å²) in [5.41, 5.74) is 10.7. The molecule has 0 amide bonds. The van der Waals surface area contributed by atoms with Crippen molar-refractivity contribution in [2.24, 2.45) is 11.5 Å². The largest absolute Gasteiger partial charge is 0.508 e. The fraction of sp³-hybridized carbons (Fsp3) is 0.333. The molecule has 0 fully saturated rings. The molecule has 1 aliphatic rings. The van der Waals surface area contributed by atoms with E-state index >= 15 is 0 Å². The monoisotopic (exact) mass is 260 g/mol. The molecule has 0 radical (unpaired) electrons. The number of aliphatic hydroxyl groups excluding tert-OH is 1. The van der Waals surface area contributed by atoms with Gasteiger partial charge in [-0.1, -0.05) is 0 Å². The van der Waals surface area contributed by atoms with E-state index in [1.165, 1.54) is 18.2 Å². The number of allylic oxidation sites excluding steroid dienone is 5. The lowest BCUT2D eigenvalue weighted by Crippen LogP contribution is -2.13. The minimum Gasteiger partial charge on any atom is -0.508 e. The van der Waals surface area contributed by atoms with Gasteiger partial charge in [-0.25, -0.2) is 0 Å². The van der Waals surface area contributed by atoms with Crippen LogP contribution in [0.4, 0.5) is 13.2 Å². The zero-order valence-corrected chi connectivity index (χ0v) is 9.88. The summed E-state index contributed by atoms with van der Waals surface area (Å²) in [5.74, 6) is -0.0925. The molecule has 0 bridgehead atoms. The molecule has 0 aromatic rings. The topological polar surface area (TPSA) is 72.3 Å². The molecule has 3 nitrogen and oxygen atoms in total. The van der Waals surface area contributed by atoms with Gasteiger partial charge < -0.3 is 16.6 Å². The van der Waals surface area contributed by atoms with E-state index in [0.717, 1.165) is 6.92 Å². The Bertz CT molecular complexity index is 456. The second kappa shape index (κ2) is 5.30. The third-order valence-electron chi connectivity index (χ3n) is 2.62. The quantitative estimate of drug-likeness (QED) is 0.714. The van der Waals surface area contributed by atoms with E-state index in [9.17, 15) is 18.3 Å². The minimum atomic E-state index is -4.37. The van der Waals surface area contributed by atoms with Crippen LogP contribution < -0.4 is 11.5 Å². The third-order valence-corrected chi connectivity index (χ3v) is 2.62. The first-order valence-corrected chi connectivity index (χ1v) is 5.30. The molecule has 0 spiro atoms. The molecule has 0 heterocycles. The van der Waals surface area contributed by atoms with Gasteiger partial charge in [-0.05, 0) is 37.1 Å². The van der Waals surface area contributed by atoms with Crippen LogP contribution in [0.25, 0.3) is 0 Å². The molecule has 5 N–H and O–H groups in total. The molecule has 1 aliphatic carbocycles. The van der Waals surface area contributed by atoms with Gasteiger partial charge >= 0.3 is 6.18 Å². The molecule has 0 aromatic heterocycles. The van der Waals surface area contributed by atoms with Gasteiger partial charge in [0.1, 0.15) is 5.76 Å². The van der Waals surface area contributed by atoms with E-state index in [1.807, 2.05) is 0 Å². The lowest BCUT2D eigenvalue weighted by atomic mass is 9.95. The van der Waals surface area contributed by atoms with Crippen molar-refractivity contribution in [3.05, 3.63) is 46.4 Å². The van der Waals surface area contributed by atoms with Crippen LogP contribution in [-0.2, 0) is 0 Å². The molecule has 100 valence electrons. The standard InChI is InChI=1S/C12H15F3N2O/c1-7(12(13,14)15)8-2-3-11(18)9(4-8)5-10(17)6-16/h3-5,18H,2,6,16-17H2,1H3. The molecule has 0 unspecified atom stereocenters. The van der Waals surface area contributed by atoms with Gasteiger partial charge in [-0.3, -0.25) is 0 Å². The van der Waals surface area contributed by atoms with E-state index < -0.39 is 11.7 Å². The van der Waals surface area contributed by atoms with Gasteiger partial charge in [-0.2, -0.15) is 13.2 Å². The second-order valence-corrected chi connectivity index (χ2v) is 3.96. The fourth-order valence-corrected chi connectivity index (χ4v) is 1.46. The molecule has 18 heavy (non-hydrogen) atoms. The molecule has 1 rings (SSSR count). The van der Waals surface area contributed by atoms with Gasteiger partial charge in [0.25, 0.3) is 0 Å². The molecule has 0 aromatic carbocycles. The summed E-state index contributed by atoms with van der Waals surface area (Å²) in [6.07, 6.45) is -0.368. The van der Waals surface area contributed by atoms with E-state index in [2.05, 4.69) is 0 Å². The Labute approximate surface area is 103 Å². The summed E-state index contributed by atoms with van der Waals surface area (Å²) < 4.78 is 37.7. The summed E-state index contributed by atoms with van der Waals surface area (Å²) in [5, 5.41) is 9.56. The average Bonchev–Trinajstić information content (AvgIpc) is 2.29. The molecule has 6 heteroatoms. The van der Waals surface area contributed by atoms with E-state index in [0.29, 0.717) is 0 Å². The van der Waals surface area contributed by atoms with Crippen molar-refractivity contribution in [1.82, 2.24) is 0 Å². The van der Waals surface area contributed by atoms with Crippen LogP contribution in [0.5, 0.6) is 0 Å². The summed E-state index contributed by atoms with van der Waals surface area (Å²) in [4.78, 5) is 0.